The van der Waals surface area contributed by atoms with Gasteiger partial charge in [-0.2, -0.15) is 0 Å². The molecule has 25 heavy (non-hydrogen) atoms. The Labute approximate surface area is 146 Å². The second-order valence-corrected chi connectivity index (χ2v) is 6.94. The van der Waals surface area contributed by atoms with Crippen molar-refractivity contribution >= 4 is 11.9 Å². The molecule has 0 unspecified atom stereocenters. The fourth-order valence-corrected chi connectivity index (χ4v) is 3.11. The molecule has 136 valence electrons. The van der Waals surface area contributed by atoms with Gasteiger partial charge in [0.1, 0.15) is 11.5 Å². The molecule has 3 N–H and O–H groups in total. The third kappa shape index (κ3) is 5.35. The Morgan fingerprint density at radius 3 is 2.48 bits per heavy atom. The molecule has 7 heteroatoms. The summed E-state index contributed by atoms with van der Waals surface area (Å²) in [4.78, 5) is 25.0. The monoisotopic (exact) mass is 348 g/mol. The highest BCUT2D eigenvalue weighted by Crippen LogP contribution is 2.33. The lowest BCUT2D eigenvalue weighted by atomic mass is 9.85. The first-order valence-electron chi connectivity index (χ1n) is 8.66. The first-order valence-corrected chi connectivity index (χ1v) is 8.66. The second kappa shape index (κ2) is 7.74. The van der Waals surface area contributed by atoms with Crippen molar-refractivity contribution < 1.29 is 24.5 Å². The number of aromatic hydroxyl groups is 1. The average Bonchev–Trinajstić information content (AvgIpc) is 3.33. The van der Waals surface area contributed by atoms with Gasteiger partial charge >= 0.3 is 5.97 Å². The minimum atomic E-state index is -0.796. The minimum Gasteiger partial charge on any atom is -0.508 e. The predicted molar refractivity (Wildman–Crippen MR) is 90.5 cm³/mol. The molecule has 1 aromatic rings. The van der Waals surface area contributed by atoms with Crippen molar-refractivity contribution in [3.63, 3.8) is 0 Å². The Hall–Kier alpha value is -2.28. The van der Waals surface area contributed by atoms with Gasteiger partial charge in [-0.3, -0.25) is 14.5 Å². The van der Waals surface area contributed by atoms with Gasteiger partial charge in [-0.25, -0.2) is 0 Å². The number of carboxylic acid groups (broad SMARTS) is 1. The number of carbonyl (C=O) groups excluding carboxylic acids is 1. The zero-order chi connectivity index (χ0) is 17.8. The normalized spacial score (nSPS) is 22.3. The molecule has 7 nitrogen and oxygen atoms in total. The van der Waals surface area contributed by atoms with Gasteiger partial charge in [0.15, 0.2) is 6.61 Å². The summed E-state index contributed by atoms with van der Waals surface area (Å²) < 4.78 is 5.37. The van der Waals surface area contributed by atoms with E-state index in [1.807, 2.05) is 4.90 Å². The molecule has 0 atom stereocenters. The number of rotatable bonds is 9. The van der Waals surface area contributed by atoms with Crippen LogP contribution in [-0.4, -0.2) is 58.8 Å². The summed E-state index contributed by atoms with van der Waals surface area (Å²) in [6.07, 6.45) is 3.95. The Balaban J connectivity index is 1.37. The van der Waals surface area contributed by atoms with Crippen LogP contribution in [0.5, 0.6) is 11.5 Å². The maximum absolute atomic E-state index is 11.9. The summed E-state index contributed by atoms with van der Waals surface area (Å²) in [5, 5.41) is 21.2. The van der Waals surface area contributed by atoms with Gasteiger partial charge in [-0.05, 0) is 55.9 Å². The van der Waals surface area contributed by atoms with Crippen molar-refractivity contribution in [3.05, 3.63) is 24.3 Å². The van der Waals surface area contributed by atoms with E-state index < -0.39 is 5.97 Å². The molecule has 0 radical (unpaired) electrons. The van der Waals surface area contributed by atoms with E-state index in [4.69, 9.17) is 9.84 Å². The summed E-state index contributed by atoms with van der Waals surface area (Å²) in [6.45, 7) is 0.847. The Morgan fingerprint density at radius 1 is 1.20 bits per heavy atom. The molecule has 1 amide bonds. The van der Waals surface area contributed by atoms with Gasteiger partial charge in [0, 0.05) is 18.6 Å². The lowest BCUT2D eigenvalue weighted by molar-refractivity contribution is -0.140. The number of phenolic OH excluding ortho intramolecular Hbond substituents is 1. The quantitative estimate of drug-likeness (QED) is 0.620. The SMILES string of the molecule is O=C(O)CN(CC1CC1)C1CC(NC(=O)COc2ccc(O)cc2)C1. The van der Waals surface area contributed by atoms with Crippen molar-refractivity contribution in [1.29, 1.82) is 0 Å². The van der Waals surface area contributed by atoms with E-state index in [9.17, 15) is 14.7 Å². The molecular formula is C18H24N2O5. The molecule has 1 aromatic carbocycles. The number of amides is 1. The van der Waals surface area contributed by atoms with Crippen molar-refractivity contribution in [1.82, 2.24) is 10.2 Å². The topological polar surface area (TPSA) is 99.1 Å². The molecule has 0 spiro atoms. The fraction of sp³-hybridized carbons (Fsp3) is 0.556. The Morgan fingerprint density at radius 2 is 1.88 bits per heavy atom. The number of aliphatic carboxylic acids is 1. The van der Waals surface area contributed by atoms with Crippen molar-refractivity contribution in [2.45, 2.75) is 37.8 Å². The fourth-order valence-electron chi connectivity index (χ4n) is 3.11. The van der Waals surface area contributed by atoms with Gasteiger partial charge in [0.25, 0.3) is 5.91 Å². The number of carbonyl (C=O) groups is 2. The number of hydrogen-bond acceptors (Lipinski definition) is 5. The zero-order valence-electron chi connectivity index (χ0n) is 14.1. The average molecular weight is 348 g/mol. The van der Waals surface area contributed by atoms with Crippen LogP contribution >= 0.6 is 0 Å². The number of phenols is 1. The van der Waals surface area contributed by atoms with Gasteiger partial charge in [0.05, 0.1) is 6.54 Å². The first-order chi connectivity index (χ1) is 12.0. The van der Waals surface area contributed by atoms with Crippen LogP contribution in [-0.2, 0) is 9.59 Å². The lowest BCUT2D eigenvalue weighted by Crippen LogP contribution is -2.55. The van der Waals surface area contributed by atoms with E-state index in [-0.39, 0.29) is 36.9 Å². The highest BCUT2D eigenvalue weighted by atomic mass is 16.5. The third-order valence-electron chi connectivity index (χ3n) is 4.73. The largest absolute Gasteiger partial charge is 0.508 e. The summed E-state index contributed by atoms with van der Waals surface area (Å²) in [6, 6.07) is 6.52. The van der Waals surface area contributed by atoms with E-state index in [1.54, 1.807) is 12.1 Å². The smallest absolute Gasteiger partial charge is 0.317 e. The molecule has 3 rings (SSSR count). The summed E-state index contributed by atoms with van der Waals surface area (Å²) in [5.41, 5.74) is 0. The van der Waals surface area contributed by atoms with Crippen LogP contribution in [0.4, 0.5) is 0 Å². The van der Waals surface area contributed by atoms with Gasteiger partial charge in [-0.15, -0.1) is 0 Å². The maximum atomic E-state index is 11.9. The van der Waals surface area contributed by atoms with E-state index >= 15 is 0 Å². The standard InChI is InChI=1S/C18H24N2O5/c21-15-3-5-16(6-4-15)25-11-17(22)19-13-7-14(8-13)20(10-18(23)24)9-12-1-2-12/h3-6,12-14,21H,1-2,7-11H2,(H,19,22)(H,23,24). The van der Waals surface area contributed by atoms with Gasteiger partial charge in [0.2, 0.25) is 0 Å². The van der Waals surface area contributed by atoms with E-state index in [0.717, 1.165) is 19.4 Å². The molecule has 0 aromatic heterocycles. The molecule has 2 aliphatic rings. The van der Waals surface area contributed by atoms with Crippen LogP contribution in [0.2, 0.25) is 0 Å². The number of ether oxygens (including phenoxy) is 1. The third-order valence-corrected chi connectivity index (χ3v) is 4.73. The molecule has 2 fully saturated rings. The van der Waals surface area contributed by atoms with Crippen LogP contribution in [0.1, 0.15) is 25.7 Å². The van der Waals surface area contributed by atoms with Crippen LogP contribution in [0.15, 0.2) is 24.3 Å². The maximum Gasteiger partial charge on any atom is 0.317 e. The Bertz CT molecular complexity index is 608. The molecule has 2 aliphatic carbocycles. The van der Waals surface area contributed by atoms with Gasteiger partial charge < -0.3 is 20.3 Å². The summed E-state index contributed by atoms with van der Waals surface area (Å²) >= 11 is 0. The molecule has 2 saturated carbocycles. The van der Waals surface area contributed by atoms with Crippen LogP contribution in [0.3, 0.4) is 0 Å². The molecule has 0 heterocycles. The van der Waals surface area contributed by atoms with Crippen molar-refractivity contribution in [2.24, 2.45) is 5.92 Å². The number of hydrogen-bond donors (Lipinski definition) is 3. The molecular weight excluding hydrogens is 324 g/mol. The predicted octanol–water partition coefficient (Wildman–Crippen LogP) is 1.21. The number of carboxylic acids is 1. The van der Waals surface area contributed by atoms with E-state index in [1.165, 1.54) is 25.0 Å². The molecule has 0 saturated heterocycles. The molecule has 0 aliphatic heterocycles. The number of nitrogens with one attached hydrogen (secondary N) is 1. The van der Waals surface area contributed by atoms with E-state index in [0.29, 0.717) is 11.7 Å². The van der Waals surface area contributed by atoms with E-state index in [2.05, 4.69) is 5.32 Å². The molecule has 0 bridgehead atoms. The van der Waals surface area contributed by atoms with Gasteiger partial charge in [-0.1, -0.05) is 0 Å². The highest BCUT2D eigenvalue weighted by Gasteiger charge is 2.37. The summed E-state index contributed by atoms with van der Waals surface area (Å²) in [5.74, 6) is 0.330. The number of benzene rings is 1. The number of nitrogens with zero attached hydrogens (tertiary/aromatic N) is 1. The minimum absolute atomic E-state index is 0.0752. The lowest BCUT2D eigenvalue weighted by Gasteiger charge is -2.42. The van der Waals surface area contributed by atoms with Crippen LogP contribution < -0.4 is 10.1 Å². The van der Waals surface area contributed by atoms with Crippen LogP contribution in [0, 0.1) is 5.92 Å². The highest BCUT2D eigenvalue weighted by molar-refractivity contribution is 5.78. The Kier molecular flexibility index (Phi) is 5.43. The van der Waals surface area contributed by atoms with Crippen molar-refractivity contribution in [3.8, 4) is 11.5 Å². The van der Waals surface area contributed by atoms with Crippen LogP contribution in [0.25, 0.3) is 0 Å². The summed E-state index contributed by atoms with van der Waals surface area (Å²) in [7, 11) is 0. The van der Waals surface area contributed by atoms with Crippen molar-refractivity contribution in [2.75, 3.05) is 19.7 Å². The second-order valence-electron chi connectivity index (χ2n) is 6.94. The zero-order valence-corrected chi connectivity index (χ0v) is 14.1. The first kappa shape index (κ1) is 17.5.